The summed E-state index contributed by atoms with van der Waals surface area (Å²) >= 11 is 3.30. The molecule has 1 aliphatic heterocycles. The number of hydrogen-bond acceptors (Lipinski definition) is 5. The first-order chi connectivity index (χ1) is 15.0. The van der Waals surface area contributed by atoms with Crippen LogP contribution in [0.25, 0.3) is 0 Å². The van der Waals surface area contributed by atoms with Gasteiger partial charge >= 0.3 is 0 Å². The molecule has 3 rings (SSSR count). The maximum absolute atomic E-state index is 13.7. The van der Waals surface area contributed by atoms with Crippen molar-refractivity contribution in [3.8, 4) is 5.75 Å². The normalized spacial score (nSPS) is 15.1. The topological polar surface area (TPSA) is 87.2 Å². The summed E-state index contributed by atoms with van der Waals surface area (Å²) in [7, 11) is -4.24. The Labute approximate surface area is 196 Å². The van der Waals surface area contributed by atoms with Gasteiger partial charge in [-0.25, -0.2) is 4.39 Å². The van der Waals surface area contributed by atoms with Gasteiger partial charge in [-0.05, 0) is 58.6 Å². The van der Waals surface area contributed by atoms with Crippen LogP contribution in [0.15, 0.2) is 34.8 Å². The third-order valence-electron chi connectivity index (χ3n) is 5.46. The van der Waals surface area contributed by atoms with E-state index in [-0.39, 0.29) is 29.6 Å². The molecule has 0 aliphatic carbocycles. The molecule has 0 unspecified atom stereocenters. The van der Waals surface area contributed by atoms with Crippen molar-refractivity contribution in [1.29, 1.82) is 0 Å². The molecule has 1 saturated heterocycles. The van der Waals surface area contributed by atoms with Gasteiger partial charge in [-0.3, -0.25) is 14.2 Å². The third kappa shape index (κ3) is 6.50. The third-order valence-corrected chi connectivity index (χ3v) is 6.76. The fraction of sp³-hybridized carbons (Fsp3) is 0.409. The van der Waals surface area contributed by atoms with E-state index in [9.17, 15) is 17.6 Å². The van der Waals surface area contributed by atoms with Gasteiger partial charge in [-0.2, -0.15) is 8.42 Å². The van der Waals surface area contributed by atoms with Gasteiger partial charge in [0.05, 0.1) is 4.47 Å². The van der Waals surface area contributed by atoms with Crippen LogP contribution in [0.5, 0.6) is 5.75 Å². The molecule has 1 heterocycles. The van der Waals surface area contributed by atoms with E-state index >= 15 is 0 Å². The first-order valence-electron chi connectivity index (χ1n) is 10.1. The van der Waals surface area contributed by atoms with Crippen LogP contribution in [-0.2, 0) is 27.2 Å². The Bertz CT molecular complexity index is 1100. The molecule has 1 fully saturated rings. The molecule has 10 heteroatoms. The van der Waals surface area contributed by atoms with Crippen LogP contribution in [-0.4, -0.2) is 61.5 Å². The van der Waals surface area contributed by atoms with Gasteiger partial charge < -0.3 is 9.64 Å². The molecule has 0 radical (unpaired) electrons. The molecule has 2 aromatic carbocycles. The summed E-state index contributed by atoms with van der Waals surface area (Å²) in [4.78, 5) is 16.6. The number of carbonyl (C=O) groups is 1. The van der Waals surface area contributed by atoms with E-state index in [0.717, 1.165) is 11.1 Å². The van der Waals surface area contributed by atoms with Crippen LogP contribution in [0, 0.1) is 19.7 Å². The van der Waals surface area contributed by atoms with Crippen molar-refractivity contribution in [3.63, 3.8) is 0 Å². The summed E-state index contributed by atoms with van der Waals surface area (Å²) in [6.07, 6.45) is 0. The highest BCUT2D eigenvalue weighted by molar-refractivity contribution is 9.10. The van der Waals surface area contributed by atoms with E-state index in [1.807, 2.05) is 13.0 Å². The standard InChI is InChI=1S/C22H26BrFN2O5S/c1-15-11-20(24)16(2)10-18(15)12-25-6-8-26(9-7-25)21(27)13-31-22-17(14-32(28,29)30)4-3-5-19(22)23/h3-5,10-11H,6-9,12-14H2,1-2H3,(H,28,29,30). The van der Waals surface area contributed by atoms with Crippen LogP contribution in [0.4, 0.5) is 4.39 Å². The van der Waals surface area contributed by atoms with Gasteiger partial charge in [0.2, 0.25) is 0 Å². The second kappa shape index (κ2) is 10.3. The molecule has 0 spiro atoms. The van der Waals surface area contributed by atoms with E-state index in [2.05, 4.69) is 20.8 Å². The average Bonchev–Trinajstić information content (AvgIpc) is 2.71. The van der Waals surface area contributed by atoms with Crippen molar-refractivity contribution in [2.45, 2.75) is 26.1 Å². The number of para-hydroxylation sites is 1. The summed E-state index contributed by atoms with van der Waals surface area (Å²) < 4.78 is 51.5. The molecule has 0 bridgehead atoms. The van der Waals surface area contributed by atoms with Crippen LogP contribution in [0.1, 0.15) is 22.3 Å². The van der Waals surface area contributed by atoms with Crippen molar-refractivity contribution in [3.05, 3.63) is 62.9 Å². The number of amides is 1. The molecular weight excluding hydrogens is 503 g/mol. The van der Waals surface area contributed by atoms with Gasteiger partial charge in [0.1, 0.15) is 17.3 Å². The zero-order valence-corrected chi connectivity index (χ0v) is 20.4. The van der Waals surface area contributed by atoms with Crippen molar-refractivity contribution in [2.24, 2.45) is 0 Å². The average molecular weight is 529 g/mol. The number of piperazine rings is 1. The predicted octanol–water partition coefficient (Wildman–Crippen LogP) is 3.32. The summed E-state index contributed by atoms with van der Waals surface area (Å²) in [6, 6.07) is 8.25. The smallest absolute Gasteiger partial charge is 0.269 e. The first kappa shape index (κ1) is 24.6. The minimum Gasteiger partial charge on any atom is -0.482 e. The van der Waals surface area contributed by atoms with Gasteiger partial charge in [-0.15, -0.1) is 0 Å². The minimum atomic E-state index is -4.24. The van der Waals surface area contributed by atoms with Crippen molar-refractivity contribution >= 4 is 32.0 Å². The number of hydrogen-bond donors (Lipinski definition) is 1. The Morgan fingerprint density at radius 3 is 2.47 bits per heavy atom. The number of carbonyl (C=O) groups excluding carboxylic acids is 1. The number of rotatable bonds is 7. The van der Waals surface area contributed by atoms with Gasteiger partial charge in [0, 0.05) is 38.3 Å². The highest BCUT2D eigenvalue weighted by atomic mass is 79.9. The number of benzene rings is 2. The summed E-state index contributed by atoms with van der Waals surface area (Å²) in [5.41, 5.74) is 2.88. The van der Waals surface area contributed by atoms with E-state index in [4.69, 9.17) is 9.29 Å². The molecule has 7 nitrogen and oxygen atoms in total. The van der Waals surface area contributed by atoms with Crippen molar-refractivity contribution in [2.75, 3.05) is 32.8 Å². The van der Waals surface area contributed by atoms with E-state index in [1.54, 1.807) is 30.0 Å². The largest absolute Gasteiger partial charge is 0.482 e. The van der Waals surface area contributed by atoms with Crippen LogP contribution >= 0.6 is 15.9 Å². The number of nitrogens with zero attached hydrogens (tertiary/aromatic N) is 2. The minimum absolute atomic E-state index is 0.202. The zero-order valence-electron chi connectivity index (χ0n) is 18.0. The maximum atomic E-state index is 13.7. The van der Waals surface area contributed by atoms with Gasteiger partial charge in [-0.1, -0.05) is 18.2 Å². The Morgan fingerprint density at radius 2 is 1.81 bits per heavy atom. The predicted molar refractivity (Wildman–Crippen MR) is 123 cm³/mol. The Morgan fingerprint density at radius 1 is 1.12 bits per heavy atom. The summed E-state index contributed by atoms with van der Waals surface area (Å²) in [6.45, 7) is 6.55. The fourth-order valence-corrected chi connectivity index (χ4v) is 4.80. The lowest BCUT2D eigenvalue weighted by Gasteiger charge is -2.35. The van der Waals surface area contributed by atoms with Gasteiger partial charge in [0.25, 0.3) is 16.0 Å². The highest BCUT2D eigenvalue weighted by Crippen LogP contribution is 2.30. The highest BCUT2D eigenvalue weighted by Gasteiger charge is 2.23. The van der Waals surface area contributed by atoms with Crippen LogP contribution in [0.3, 0.4) is 0 Å². The SMILES string of the molecule is Cc1cc(CN2CCN(C(=O)COc3c(Br)cccc3CS(=O)(=O)O)CC2)c(C)cc1F. The monoisotopic (exact) mass is 528 g/mol. The quantitative estimate of drug-likeness (QED) is 0.554. The Kier molecular flexibility index (Phi) is 7.92. The molecule has 1 amide bonds. The molecule has 1 aliphatic rings. The van der Waals surface area contributed by atoms with Crippen molar-refractivity contribution in [1.82, 2.24) is 9.80 Å². The van der Waals surface area contributed by atoms with Crippen LogP contribution < -0.4 is 4.74 Å². The fourth-order valence-electron chi connectivity index (χ4n) is 3.66. The van der Waals surface area contributed by atoms with E-state index in [1.165, 1.54) is 6.07 Å². The molecule has 174 valence electrons. The molecule has 0 atom stereocenters. The first-order valence-corrected chi connectivity index (χ1v) is 12.5. The Balaban J connectivity index is 1.55. The number of halogens is 2. The zero-order chi connectivity index (χ0) is 23.5. The van der Waals surface area contributed by atoms with Crippen molar-refractivity contribution < 1.29 is 26.9 Å². The molecule has 1 N–H and O–H groups in total. The molecule has 0 saturated carbocycles. The van der Waals surface area contributed by atoms with E-state index < -0.39 is 15.9 Å². The summed E-state index contributed by atoms with van der Waals surface area (Å²) in [5, 5.41) is 0. The lowest BCUT2D eigenvalue weighted by molar-refractivity contribution is -0.135. The molecular formula is C22H26BrFN2O5S. The maximum Gasteiger partial charge on any atom is 0.269 e. The van der Waals surface area contributed by atoms with Gasteiger partial charge in [0.15, 0.2) is 6.61 Å². The molecule has 2 aromatic rings. The Hall–Kier alpha value is -2.01. The number of ether oxygens (including phenoxy) is 1. The lowest BCUT2D eigenvalue weighted by atomic mass is 10.0. The summed E-state index contributed by atoms with van der Waals surface area (Å²) in [5.74, 6) is -0.783. The molecule has 32 heavy (non-hydrogen) atoms. The number of aryl methyl sites for hydroxylation is 2. The van der Waals surface area contributed by atoms with Crippen LogP contribution in [0.2, 0.25) is 0 Å². The molecule has 0 aromatic heterocycles. The lowest BCUT2D eigenvalue weighted by Crippen LogP contribution is -2.49. The second-order valence-corrected chi connectivity index (χ2v) is 10.2. The second-order valence-electron chi connectivity index (χ2n) is 7.93. The van der Waals surface area contributed by atoms with E-state index in [0.29, 0.717) is 42.8 Å².